The summed E-state index contributed by atoms with van der Waals surface area (Å²) in [5.41, 5.74) is 8.63. The van der Waals surface area contributed by atoms with Gasteiger partial charge in [-0.15, -0.1) is 10.2 Å². The second-order valence-corrected chi connectivity index (χ2v) is 8.96. The summed E-state index contributed by atoms with van der Waals surface area (Å²) in [5.74, 6) is 0.650. The molecular formula is C25H23N5OS. The number of carbonyl (C=O) groups is 1. The van der Waals surface area contributed by atoms with Gasteiger partial charge < -0.3 is 10.7 Å². The number of fused-ring (bicyclic) bond motifs is 1. The van der Waals surface area contributed by atoms with Gasteiger partial charge in [-0.1, -0.05) is 78.5 Å². The highest BCUT2D eigenvalue weighted by Gasteiger charge is 2.38. The van der Waals surface area contributed by atoms with Crippen LogP contribution >= 0.6 is 11.8 Å². The zero-order valence-corrected chi connectivity index (χ0v) is 18.6. The normalized spacial score (nSPS) is 17.3. The van der Waals surface area contributed by atoms with Crippen LogP contribution in [0.25, 0.3) is 11.4 Å². The predicted molar refractivity (Wildman–Crippen MR) is 128 cm³/mol. The number of nitrogens with one attached hydrogen (secondary N) is 2. The molecule has 2 atom stereocenters. The fourth-order valence-electron chi connectivity index (χ4n) is 3.77. The van der Waals surface area contributed by atoms with Crippen LogP contribution in [0, 0.1) is 13.8 Å². The Morgan fingerprint density at radius 2 is 1.66 bits per heavy atom. The van der Waals surface area contributed by atoms with Crippen molar-refractivity contribution in [1.82, 2.24) is 14.9 Å². The van der Waals surface area contributed by atoms with E-state index in [4.69, 9.17) is 0 Å². The summed E-state index contributed by atoms with van der Waals surface area (Å²) < 4.78 is 1.89. The van der Waals surface area contributed by atoms with Gasteiger partial charge in [-0.05, 0) is 42.7 Å². The average Bonchev–Trinajstić information content (AvgIpc) is 3.25. The summed E-state index contributed by atoms with van der Waals surface area (Å²) in [7, 11) is 0. The van der Waals surface area contributed by atoms with E-state index < -0.39 is 5.25 Å². The maximum atomic E-state index is 13.4. The van der Waals surface area contributed by atoms with Crippen molar-refractivity contribution in [3.63, 3.8) is 0 Å². The molecule has 0 saturated heterocycles. The molecule has 1 aromatic heterocycles. The van der Waals surface area contributed by atoms with Gasteiger partial charge >= 0.3 is 0 Å². The first-order valence-corrected chi connectivity index (χ1v) is 11.4. The molecule has 0 spiro atoms. The Bertz CT molecular complexity index is 1260. The first-order chi connectivity index (χ1) is 15.6. The highest BCUT2D eigenvalue weighted by Crippen LogP contribution is 2.39. The van der Waals surface area contributed by atoms with Gasteiger partial charge in [0.05, 0.1) is 6.04 Å². The molecular weight excluding hydrogens is 418 g/mol. The Hall–Kier alpha value is -3.58. The van der Waals surface area contributed by atoms with E-state index in [1.54, 1.807) is 0 Å². The third-order valence-corrected chi connectivity index (χ3v) is 6.88. The summed E-state index contributed by atoms with van der Waals surface area (Å²) in [5, 5.41) is 12.1. The monoisotopic (exact) mass is 441 g/mol. The second kappa shape index (κ2) is 8.51. The molecule has 32 heavy (non-hydrogen) atoms. The summed E-state index contributed by atoms with van der Waals surface area (Å²) in [6, 6.07) is 25.6. The molecule has 0 saturated carbocycles. The molecule has 0 bridgehead atoms. The van der Waals surface area contributed by atoms with Crippen LogP contribution in [0.4, 0.5) is 5.69 Å². The zero-order valence-electron chi connectivity index (χ0n) is 17.8. The smallest absolute Gasteiger partial charge is 0.240 e. The molecule has 160 valence electrons. The first kappa shape index (κ1) is 20.3. The van der Waals surface area contributed by atoms with Crippen molar-refractivity contribution >= 4 is 23.4 Å². The van der Waals surface area contributed by atoms with E-state index in [2.05, 4.69) is 27.9 Å². The third-order valence-electron chi connectivity index (χ3n) is 5.66. The van der Waals surface area contributed by atoms with Gasteiger partial charge in [-0.2, -0.15) is 0 Å². The zero-order chi connectivity index (χ0) is 22.1. The summed E-state index contributed by atoms with van der Waals surface area (Å²) >= 11 is 1.42. The van der Waals surface area contributed by atoms with E-state index in [0.29, 0.717) is 5.16 Å². The predicted octanol–water partition coefficient (Wildman–Crippen LogP) is 4.96. The number of amides is 1. The van der Waals surface area contributed by atoms with Crippen LogP contribution < -0.4 is 10.7 Å². The Balaban J connectivity index is 1.50. The molecule has 6 nitrogen and oxygen atoms in total. The molecule has 7 heteroatoms. The van der Waals surface area contributed by atoms with E-state index in [0.717, 1.165) is 28.2 Å². The first-order valence-electron chi connectivity index (χ1n) is 10.5. The van der Waals surface area contributed by atoms with Gasteiger partial charge in [0.1, 0.15) is 5.25 Å². The van der Waals surface area contributed by atoms with E-state index in [-0.39, 0.29) is 11.9 Å². The number of benzene rings is 3. The molecule has 0 radical (unpaired) electrons. The molecule has 1 amide bonds. The minimum Gasteiger partial charge on any atom is -0.325 e. The van der Waals surface area contributed by atoms with E-state index in [1.807, 2.05) is 90.5 Å². The van der Waals surface area contributed by atoms with Crippen LogP contribution in [0.1, 0.15) is 22.7 Å². The Morgan fingerprint density at radius 1 is 0.938 bits per heavy atom. The number of thioether (sulfide) groups is 1. The minimum atomic E-state index is -0.417. The maximum Gasteiger partial charge on any atom is 0.240 e. The molecule has 4 aromatic rings. The number of carbonyl (C=O) groups excluding carboxylic acids is 1. The number of anilines is 1. The van der Waals surface area contributed by atoms with Gasteiger partial charge in [0.25, 0.3) is 0 Å². The van der Waals surface area contributed by atoms with E-state index in [1.165, 1.54) is 17.3 Å². The van der Waals surface area contributed by atoms with Crippen LogP contribution in [0.15, 0.2) is 84.0 Å². The molecule has 1 aliphatic rings. The fourth-order valence-corrected chi connectivity index (χ4v) is 4.85. The highest BCUT2D eigenvalue weighted by molar-refractivity contribution is 8.00. The largest absolute Gasteiger partial charge is 0.325 e. The van der Waals surface area contributed by atoms with Crippen molar-refractivity contribution in [2.45, 2.75) is 30.3 Å². The highest BCUT2D eigenvalue weighted by atomic mass is 32.2. The Morgan fingerprint density at radius 3 is 2.38 bits per heavy atom. The molecule has 3 aromatic carbocycles. The maximum absolute atomic E-state index is 13.4. The fraction of sp³-hybridized carbons (Fsp3) is 0.160. The molecule has 2 N–H and O–H groups in total. The molecule has 1 aliphatic heterocycles. The standard InChI is InChI=1S/C25H23N5OS/c1-16-13-14-20(15-17(16)2)26-24(31)22-21(18-9-5-3-6-10-18)29-30-23(27-28-25(30)32-22)19-11-7-4-8-12-19/h3-15,21-22,29H,1-2H3,(H,26,31)/t21-,22-/m0/s1. The van der Waals surface area contributed by atoms with Gasteiger partial charge in [0, 0.05) is 11.3 Å². The number of nitrogens with zero attached hydrogens (tertiary/aromatic N) is 3. The SMILES string of the molecule is Cc1ccc(NC(=O)[C@H]2Sc3nnc(-c4ccccc4)n3N[C@H]2c2ccccc2)cc1C. The van der Waals surface area contributed by atoms with Crippen LogP contribution in [0.2, 0.25) is 0 Å². The molecule has 5 rings (SSSR count). The lowest BCUT2D eigenvalue weighted by molar-refractivity contribution is -0.116. The van der Waals surface area contributed by atoms with Crippen LogP contribution in [-0.2, 0) is 4.79 Å². The van der Waals surface area contributed by atoms with Crippen molar-refractivity contribution in [3.8, 4) is 11.4 Å². The van der Waals surface area contributed by atoms with Crippen molar-refractivity contribution in [1.29, 1.82) is 0 Å². The van der Waals surface area contributed by atoms with Crippen molar-refractivity contribution in [2.24, 2.45) is 0 Å². The van der Waals surface area contributed by atoms with E-state index in [9.17, 15) is 4.79 Å². The van der Waals surface area contributed by atoms with Crippen molar-refractivity contribution < 1.29 is 4.79 Å². The summed E-state index contributed by atoms with van der Waals surface area (Å²) in [6.07, 6.45) is 0. The average molecular weight is 442 g/mol. The molecule has 0 unspecified atom stereocenters. The van der Waals surface area contributed by atoms with Gasteiger partial charge in [-0.3, -0.25) is 4.79 Å². The van der Waals surface area contributed by atoms with Crippen molar-refractivity contribution in [3.05, 3.63) is 95.6 Å². The van der Waals surface area contributed by atoms with E-state index >= 15 is 0 Å². The van der Waals surface area contributed by atoms with Crippen molar-refractivity contribution in [2.75, 3.05) is 10.7 Å². The van der Waals surface area contributed by atoms with Gasteiger partial charge in [-0.25, -0.2) is 4.68 Å². The summed E-state index contributed by atoms with van der Waals surface area (Å²) in [4.78, 5) is 13.4. The third kappa shape index (κ3) is 3.87. The number of hydrogen-bond acceptors (Lipinski definition) is 5. The number of hydrogen-bond donors (Lipinski definition) is 2. The number of aryl methyl sites for hydroxylation is 2. The topological polar surface area (TPSA) is 71.8 Å². The lowest BCUT2D eigenvalue weighted by Crippen LogP contribution is -2.41. The lowest BCUT2D eigenvalue weighted by atomic mass is 10.0. The number of rotatable bonds is 4. The Kier molecular flexibility index (Phi) is 5.41. The quantitative estimate of drug-likeness (QED) is 0.468. The van der Waals surface area contributed by atoms with Crippen LogP contribution in [0.5, 0.6) is 0 Å². The van der Waals surface area contributed by atoms with Crippen LogP contribution in [-0.4, -0.2) is 26.0 Å². The van der Waals surface area contributed by atoms with Crippen LogP contribution in [0.3, 0.4) is 0 Å². The minimum absolute atomic E-state index is 0.0740. The second-order valence-electron chi connectivity index (χ2n) is 7.85. The molecule has 0 fully saturated rings. The molecule has 0 aliphatic carbocycles. The van der Waals surface area contributed by atoms with Gasteiger partial charge in [0.2, 0.25) is 11.1 Å². The Labute approximate surface area is 191 Å². The summed E-state index contributed by atoms with van der Waals surface area (Å²) in [6.45, 7) is 4.10. The molecule has 2 heterocycles. The number of aromatic nitrogens is 3. The van der Waals surface area contributed by atoms with Gasteiger partial charge in [0.15, 0.2) is 5.82 Å². The lowest BCUT2D eigenvalue weighted by Gasteiger charge is -2.33.